The molecule has 0 unspecified atom stereocenters. The van der Waals surface area contributed by atoms with Gasteiger partial charge in [0.1, 0.15) is 13.2 Å². The van der Waals surface area contributed by atoms with Gasteiger partial charge in [0.05, 0.1) is 0 Å². The van der Waals surface area contributed by atoms with Gasteiger partial charge in [0.15, 0.2) is 0 Å². The van der Waals surface area contributed by atoms with Crippen molar-refractivity contribution in [3.8, 4) is 0 Å². The molecule has 0 aliphatic carbocycles. The quantitative estimate of drug-likeness (QED) is 0.536. The maximum absolute atomic E-state index is 11.2. The molecule has 5 heteroatoms. The van der Waals surface area contributed by atoms with E-state index in [-0.39, 0.29) is 19.2 Å². The van der Waals surface area contributed by atoms with Crippen molar-refractivity contribution < 1.29 is 19.1 Å². The zero-order valence-corrected chi connectivity index (χ0v) is 7.80. The van der Waals surface area contributed by atoms with E-state index in [1.54, 1.807) is 24.5 Å². The first-order valence-electron chi connectivity index (χ1n) is 4.13. The molecule has 0 spiro atoms. The Labute approximate surface area is 81.2 Å². The Morgan fingerprint density at radius 2 is 1.71 bits per heavy atom. The standard InChI is InChI=1S/C9H11NO4/c1-8(11)13-6-7-14-9(12)10-4-2-3-5-10/h2-5H,6-7H2,1H3. The van der Waals surface area contributed by atoms with Crippen LogP contribution >= 0.6 is 0 Å². The normalized spacial score (nSPS) is 9.50. The lowest BCUT2D eigenvalue weighted by Gasteiger charge is -2.04. The van der Waals surface area contributed by atoms with Gasteiger partial charge < -0.3 is 9.47 Å². The van der Waals surface area contributed by atoms with Crippen molar-refractivity contribution in [2.24, 2.45) is 0 Å². The molecule has 1 rings (SSSR count). The fourth-order valence-electron chi connectivity index (χ4n) is 0.845. The lowest BCUT2D eigenvalue weighted by atomic mass is 10.7. The highest BCUT2D eigenvalue weighted by atomic mass is 16.6. The number of esters is 1. The van der Waals surface area contributed by atoms with E-state index < -0.39 is 6.09 Å². The number of rotatable bonds is 3. The average molecular weight is 197 g/mol. The Hall–Kier alpha value is -1.78. The Bertz CT molecular complexity index is 305. The molecule has 1 aromatic rings. The topological polar surface area (TPSA) is 57.5 Å². The largest absolute Gasteiger partial charge is 0.462 e. The molecular formula is C9H11NO4. The molecule has 1 aromatic heterocycles. The molecule has 5 nitrogen and oxygen atoms in total. The Morgan fingerprint density at radius 1 is 1.14 bits per heavy atom. The number of aromatic nitrogens is 1. The number of carbonyl (C=O) groups is 2. The van der Waals surface area contributed by atoms with Crippen molar-refractivity contribution in [3.63, 3.8) is 0 Å². The summed E-state index contributed by atoms with van der Waals surface area (Å²) in [6.45, 7) is 1.45. The summed E-state index contributed by atoms with van der Waals surface area (Å²) in [5.41, 5.74) is 0. The van der Waals surface area contributed by atoms with Gasteiger partial charge in [-0.2, -0.15) is 0 Å². The van der Waals surface area contributed by atoms with E-state index in [0.717, 1.165) is 0 Å². The fourth-order valence-corrected chi connectivity index (χ4v) is 0.845. The summed E-state index contributed by atoms with van der Waals surface area (Å²) in [7, 11) is 0. The van der Waals surface area contributed by atoms with E-state index in [9.17, 15) is 9.59 Å². The maximum Gasteiger partial charge on any atom is 0.418 e. The highest BCUT2D eigenvalue weighted by molar-refractivity contribution is 5.70. The molecule has 0 saturated heterocycles. The molecule has 0 saturated carbocycles. The molecule has 76 valence electrons. The molecule has 0 bridgehead atoms. The maximum atomic E-state index is 11.2. The van der Waals surface area contributed by atoms with Gasteiger partial charge in [-0.3, -0.25) is 9.36 Å². The molecule has 14 heavy (non-hydrogen) atoms. The van der Waals surface area contributed by atoms with Gasteiger partial charge in [0.25, 0.3) is 0 Å². The molecule has 0 aromatic carbocycles. The summed E-state index contributed by atoms with van der Waals surface area (Å²) in [6.07, 6.45) is 2.67. The van der Waals surface area contributed by atoms with Crippen LogP contribution in [0.4, 0.5) is 4.79 Å². The van der Waals surface area contributed by atoms with Crippen molar-refractivity contribution >= 4 is 12.1 Å². The molecule has 0 amide bonds. The SMILES string of the molecule is CC(=O)OCCOC(=O)n1cccc1. The van der Waals surface area contributed by atoms with Crippen LogP contribution in [0.5, 0.6) is 0 Å². The van der Waals surface area contributed by atoms with Crippen LogP contribution in [0.25, 0.3) is 0 Å². The summed E-state index contributed by atoms with van der Waals surface area (Å²) < 4.78 is 10.7. The van der Waals surface area contributed by atoms with E-state index in [4.69, 9.17) is 4.74 Å². The van der Waals surface area contributed by atoms with E-state index in [1.807, 2.05) is 0 Å². The third-order valence-electron chi connectivity index (χ3n) is 1.43. The van der Waals surface area contributed by atoms with Gasteiger partial charge in [0.2, 0.25) is 0 Å². The number of hydrogen-bond acceptors (Lipinski definition) is 4. The second-order valence-electron chi connectivity index (χ2n) is 2.54. The van der Waals surface area contributed by atoms with Gasteiger partial charge in [-0.15, -0.1) is 0 Å². The number of nitrogens with zero attached hydrogens (tertiary/aromatic N) is 1. The molecule has 0 atom stereocenters. The predicted octanol–water partition coefficient (Wildman–Crippen LogP) is 1.04. The Balaban J connectivity index is 2.19. The molecule has 0 aliphatic rings. The highest BCUT2D eigenvalue weighted by Crippen LogP contribution is 1.92. The number of hydrogen-bond donors (Lipinski definition) is 0. The smallest absolute Gasteiger partial charge is 0.418 e. The van der Waals surface area contributed by atoms with Crippen LogP contribution in [0.2, 0.25) is 0 Å². The molecular weight excluding hydrogens is 186 g/mol. The van der Waals surface area contributed by atoms with Gasteiger partial charge in [-0.1, -0.05) is 0 Å². The molecule has 0 N–H and O–H groups in total. The number of carbonyl (C=O) groups excluding carboxylic acids is 2. The zero-order valence-electron chi connectivity index (χ0n) is 7.80. The zero-order chi connectivity index (χ0) is 10.4. The summed E-state index contributed by atoms with van der Waals surface area (Å²) >= 11 is 0. The molecule has 0 fully saturated rings. The van der Waals surface area contributed by atoms with Crippen molar-refractivity contribution in [2.45, 2.75) is 6.92 Å². The summed E-state index contributed by atoms with van der Waals surface area (Å²) in [6, 6.07) is 3.43. The predicted molar refractivity (Wildman–Crippen MR) is 47.8 cm³/mol. The average Bonchev–Trinajstić information content (AvgIpc) is 2.64. The molecule has 0 radical (unpaired) electrons. The van der Waals surface area contributed by atoms with Gasteiger partial charge in [0, 0.05) is 19.3 Å². The van der Waals surface area contributed by atoms with Crippen LogP contribution in [0.15, 0.2) is 24.5 Å². The lowest BCUT2D eigenvalue weighted by Crippen LogP contribution is -2.16. The second-order valence-corrected chi connectivity index (χ2v) is 2.54. The van der Waals surface area contributed by atoms with Crippen molar-refractivity contribution in [3.05, 3.63) is 24.5 Å². The van der Waals surface area contributed by atoms with Crippen LogP contribution in [-0.2, 0) is 14.3 Å². The van der Waals surface area contributed by atoms with E-state index in [1.165, 1.54) is 11.5 Å². The van der Waals surface area contributed by atoms with Gasteiger partial charge in [-0.05, 0) is 12.1 Å². The molecule has 1 heterocycles. The van der Waals surface area contributed by atoms with E-state index in [0.29, 0.717) is 0 Å². The van der Waals surface area contributed by atoms with E-state index in [2.05, 4.69) is 4.74 Å². The monoisotopic (exact) mass is 197 g/mol. The third kappa shape index (κ3) is 3.30. The van der Waals surface area contributed by atoms with Gasteiger partial charge in [-0.25, -0.2) is 4.79 Å². The van der Waals surface area contributed by atoms with Crippen molar-refractivity contribution in [2.75, 3.05) is 13.2 Å². The highest BCUT2D eigenvalue weighted by Gasteiger charge is 2.03. The summed E-state index contributed by atoms with van der Waals surface area (Å²) in [5.74, 6) is -0.387. The minimum Gasteiger partial charge on any atom is -0.462 e. The Morgan fingerprint density at radius 3 is 2.29 bits per heavy atom. The van der Waals surface area contributed by atoms with Gasteiger partial charge >= 0.3 is 12.1 Å². The first kappa shape index (κ1) is 10.3. The van der Waals surface area contributed by atoms with Crippen LogP contribution in [0.1, 0.15) is 6.92 Å². The van der Waals surface area contributed by atoms with Crippen LogP contribution < -0.4 is 0 Å². The van der Waals surface area contributed by atoms with Crippen LogP contribution in [0.3, 0.4) is 0 Å². The second kappa shape index (κ2) is 5.06. The number of ether oxygens (including phenoxy) is 2. The van der Waals surface area contributed by atoms with Crippen LogP contribution in [0, 0.1) is 0 Å². The van der Waals surface area contributed by atoms with Crippen molar-refractivity contribution in [1.82, 2.24) is 4.57 Å². The van der Waals surface area contributed by atoms with Crippen LogP contribution in [-0.4, -0.2) is 29.8 Å². The minimum atomic E-state index is -0.484. The minimum absolute atomic E-state index is 0.0661. The first-order chi connectivity index (χ1) is 6.70. The third-order valence-corrected chi connectivity index (χ3v) is 1.43. The summed E-state index contributed by atoms with van der Waals surface area (Å²) in [4.78, 5) is 21.5. The summed E-state index contributed by atoms with van der Waals surface area (Å²) in [5, 5.41) is 0. The van der Waals surface area contributed by atoms with Crippen molar-refractivity contribution in [1.29, 1.82) is 0 Å². The fraction of sp³-hybridized carbons (Fsp3) is 0.333. The molecule has 0 aliphatic heterocycles. The Kier molecular flexibility index (Phi) is 3.72. The van der Waals surface area contributed by atoms with E-state index >= 15 is 0 Å². The first-order valence-corrected chi connectivity index (χ1v) is 4.13. The lowest BCUT2D eigenvalue weighted by molar-refractivity contribution is -0.141.